The summed E-state index contributed by atoms with van der Waals surface area (Å²) in [6, 6.07) is 0.202. The number of aromatic nitrogens is 6. The lowest BCUT2D eigenvalue weighted by Crippen LogP contribution is -2.12. The standard InChI is InChI=1S/C11H15ClN6O/c1-3-4-8(2)5-19-11-16-9(12)15-10(17-11)18-7-13-6-14-18/h6-8H,3-5H2,1-2H3. The van der Waals surface area contributed by atoms with Gasteiger partial charge in [-0.15, -0.1) is 0 Å². The van der Waals surface area contributed by atoms with E-state index >= 15 is 0 Å². The van der Waals surface area contributed by atoms with Gasteiger partial charge in [-0.1, -0.05) is 20.3 Å². The van der Waals surface area contributed by atoms with Gasteiger partial charge in [-0.3, -0.25) is 0 Å². The van der Waals surface area contributed by atoms with Crippen molar-refractivity contribution in [3.8, 4) is 12.0 Å². The fourth-order valence-electron chi connectivity index (χ4n) is 1.59. The average Bonchev–Trinajstić information content (AvgIpc) is 2.90. The number of hydrogen-bond acceptors (Lipinski definition) is 6. The Kier molecular flexibility index (Phi) is 4.62. The van der Waals surface area contributed by atoms with Crippen molar-refractivity contribution >= 4 is 11.6 Å². The lowest BCUT2D eigenvalue weighted by atomic mass is 10.1. The first kappa shape index (κ1) is 13.7. The Hall–Kier alpha value is -1.76. The number of hydrogen-bond donors (Lipinski definition) is 0. The van der Waals surface area contributed by atoms with Crippen molar-refractivity contribution in [1.82, 2.24) is 29.7 Å². The molecule has 0 aromatic carbocycles. The van der Waals surface area contributed by atoms with Gasteiger partial charge in [0.05, 0.1) is 6.61 Å². The largest absolute Gasteiger partial charge is 0.463 e. The minimum Gasteiger partial charge on any atom is -0.463 e. The summed E-state index contributed by atoms with van der Waals surface area (Å²) in [5.74, 6) is 0.728. The normalized spacial score (nSPS) is 12.4. The van der Waals surface area contributed by atoms with Gasteiger partial charge in [-0.25, -0.2) is 4.98 Å². The Bertz CT molecular complexity index is 518. The molecule has 0 bridgehead atoms. The van der Waals surface area contributed by atoms with Crippen LogP contribution in [0.1, 0.15) is 26.7 Å². The first-order valence-electron chi connectivity index (χ1n) is 6.08. The van der Waals surface area contributed by atoms with E-state index in [0.717, 1.165) is 12.8 Å². The summed E-state index contributed by atoms with van der Waals surface area (Å²) in [6.07, 6.45) is 5.08. The maximum atomic E-state index is 5.84. The molecule has 0 aliphatic rings. The molecular weight excluding hydrogens is 268 g/mol. The highest BCUT2D eigenvalue weighted by molar-refractivity contribution is 6.28. The van der Waals surface area contributed by atoms with E-state index in [0.29, 0.717) is 12.5 Å². The minimum absolute atomic E-state index is 0.0682. The summed E-state index contributed by atoms with van der Waals surface area (Å²) in [5.41, 5.74) is 0. The molecule has 1 atom stereocenters. The second kappa shape index (κ2) is 6.42. The second-order valence-corrected chi connectivity index (χ2v) is 4.57. The predicted octanol–water partition coefficient (Wildman–Crippen LogP) is 1.92. The first-order valence-corrected chi connectivity index (χ1v) is 6.46. The van der Waals surface area contributed by atoms with Crippen molar-refractivity contribution in [2.75, 3.05) is 6.61 Å². The van der Waals surface area contributed by atoms with Crippen molar-refractivity contribution in [1.29, 1.82) is 0 Å². The van der Waals surface area contributed by atoms with Crippen LogP contribution in [0, 0.1) is 5.92 Å². The number of rotatable bonds is 6. The summed E-state index contributed by atoms with van der Waals surface area (Å²) in [7, 11) is 0. The number of halogens is 1. The topological polar surface area (TPSA) is 78.6 Å². The summed E-state index contributed by atoms with van der Waals surface area (Å²) in [5, 5.41) is 4.00. The van der Waals surface area contributed by atoms with Crippen LogP contribution < -0.4 is 4.74 Å². The van der Waals surface area contributed by atoms with E-state index in [1.807, 2.05) is 0 Å². The van der Waals surface area contributed by atoms with Gasteiger partial charge in [0.25, 0.3) is 5.95 Å². The second-order valence-electron chi connectivity index (χ2n) is 4.23. The molecule has 0 saturated heterocycles. The van der Waals surface area contributed by atoms with Crippen LogP contribution in [0.3, 0.4) is 0 Å². The third-order valence-corrected chi connectivity index (χ3v) is 2.65. The van der Waals surface area contributed by atoms with Crippen molar-refractivity contribution in [2.24, 2.45) is 5.92 Å². The SMILES string of the molecule is CCCC(C)COc1nc(Cl)nc(-n2cncn2)n1. The van der Waals surface area contributed by atoms with Gasteiger partial charge in [0, 0.05) is 0 Å². The van der Waals surface area contributed by atoms with Gasteiger partial charge in [-0.05, 0) is 23.9 Å². The van der Waals surface area contributed by atoms with E-state index in [1.54, 1.807) is 0 Å². The van der Waals surface area contributed by atoms with E-state index in [-0.39, 0.29) is 17.2 Å². The van der Waals surface area contributed by atoms with Crippen LogP contribution in [-0.4, -0.2) is 36.3 Å². The van der Waals surface area contributed by atoms with Gasteiger partial charge in [-0.2, -0.15) is 24.7 Å². The molecule has 0 amide bonds. The summed E-state index contributed by atoms with van der Waals surface area (Å²) in [4.78, 5) is 15.9. The Morgan fingerprint density at radius 3 is 2.89 bits per heavy atom. The van der Waals surface area contributed by atoms with Crippen LogP contribution in [0.5, 0.6) is 6.01 Å². The molecule has 2 aromatic heterocycles. The zero-order valence-electron chi connectivity index (χ0n) is 10.8. The Balaban J connectivity index is 2.09. The van der Waals surface area contributed by atoms with Crippen LogP contribution >= 0.6 is 11.6 Å². The first-order chi connectivity index (χ1) is 9.19. The smallest absolute Gasteiger partial charge is 0.322 e. The minimum atomic E-state index is 0.0682. The third-order valence-electron chi connectivity index (χ3n) is 2.48. The Labute approximate surface area is 116 Å². The molecule has 0 aliphatic heterocycles. The molecule has 0 saturated carbocycles. The van der Waals surface area contributed by atoms with E-state index < -0.39 is 0 Å². The van der Waals surface area contributed by atoms with Crippen molar-refractivity contribution in [3.05, 3.63) is 17.9 Å². The lowest BCUT2D eigenvalue weighted by Gasteiger charge is -2.10. The highest BCUT2D eigenvalue weighted by atomic mass is 35.5. The molecule has 2 rings (SSSR count). The Morgan fingerprint density at radius 1 is 1.37 bits per heavy atom. The van der Waals surface area contributed by atoms with Crippen molar-refractivity contribution < 1.29 is 4.74 Å². The van der Waals surface area contributed by atoms with Crippen LogP contribution in [0.2, 0.25) is 5.28 Å². The van der Waals surface area contributed by atoms with Crippen LogP contribution in [0.15, 0.2) is 12.7 Å². The van der Waals surface area contributed by atoms with Crippen molar-refractivity contribution in [3.63, 3.8) is 0 Å². The highest BCUT2D eigenvalue weighted by Crippen LogP contribution is 2.12. The van der Waals surface area contributed by atoms with E-state index in [1.165, 1.54) is 17.3 Å². The number of nitrogens with zero attached hydrogens (tertiary/aromatic N) is 6. The fourth-order valence-corrected chi connectivity index (χ4v) is 1.74. The summed E-state index contributed by atoms with van der Waals surface area (Å²) in [6.45, 7) is 4.80. The molecule has 8 heteroatoms. The highest BCUT2D eigenvalue weighted by Gasteiger charge is 2.10. The molecule has 7 nitrogen and oxygen atoms in total. The maximum Gasteiger partial charge on any atom is 0.322 e. The molecule has 1 unspecified atom stereocenters. The van der Waals surface area contributed by atoms with Crippen LogP contribution in [0.25, 0.3) is 5.95 Å². The van der Waals surface area contributed by atoms with Gasteiger partial charge >= 0.3 is 6.01 Å². The molecule has 0 radical (unpaired) electrons. The van der Waals surface area contributed by atoms with E-state index in [4.69, 9.17) is 16.3 Å². The lowest BCUT2D eigenvalue weighted by molar-refractivity contribution is 0.233. The third kappa shape index (κ3) is 3.85. The van der Waals surface area contributed by atoms with Crippen molar-refractivity contribution in [2.45, 2.75) is 26.7 Å². The molecular formula is C11H15ClN6O. The molecule has 0 aliphatic carbocycles. The van der Waals surface area contributed by atoms with Gasteiger partial charge in [0.15, 0.2) is 0 Å². The maximum absolute atomic E-state index is 5.84. The van der Waals surface area contributed by atoms with Crippen LogP contribution in [-0.2, 0) is 0 Å². The zero-order chi connectivity index (χ0) is 13.7. The fraction of sp³-hybridized carbons (Fsp3) is 0.545. The predicted molar refractivity (Wildman–Crippen MR) is 69.3 cm³/mol. The molecule has 2 aromatic rings. The molecule has 0 spiro atoms. The molecule has 0 fully saturated rings. The molecule has 19 heavy (non-hydrogen) atoms. The summed E-state index contributed by atoms with van der Waals surface area (Å²) < 4.78 is 6.93. The number of ether oxygens (including phenoxy) is 1. The van der Waals surface area contributed by atoms with E-state index in [2.05, 4.69) is 38.9 Å². The van der Waals surface area contributed by atoms with Gasteiger partial charge in [0.2, 0.25) is 5.28 Å². The van der Waals surface area contributed by atoms with Gasteiger partial charge < -0.3 is 4.74 Å². The summed E-state index contributed by atoms with van der Waals surface area (Å²) >= 11 is 5.84. The molecule has 102 valence electrons. The molecule has 2 heterocycles. The zero-order valence-corrected chi connectivity index (χ0v) is 11.6. The van der Waals surface area contributed by atoms with E-state index in [9.17, 15) is 0 Å². The Morgan fingerprint density at radius 2 is 2.21 bits per heavy atom. The van der Waals surface area contributed by atoms with Crippen LogP contribution in [0.4, 0.5) is 0 Å². The molecule has 0 N–H and O–H groups in total. The monoisotopic (exact) mass is 282 g/mol. The average molecular weight is 283 g/mol. The quantitative estimate of drug-likeness (QED) is 0.805. The van der Waals surface area contributed by atoms with Gasteiger partial charge in [0.1, 0.15) is 12.7 Å².